The van der Waals surface area contributed by atoms with Gasteiger partial charge in [-0.05, 0) is 6.92 Å². The van der Waals surface area contributed by atoms with Gasteiger partial charge in [0.05, 0.1) is 24.2 Å². The molecule has 1 heterocycles. The number of carboxylic acid groups (broad SMARTS) is 1. The molecule has 0 aliphatic carbocycles. The van der Waals surface area contributed by atoms with Gasteiger partial charge in [-0.1, -0.05) is 30.3 Å². The molecule has 1 aliphatic heterocycles. The van der Waals surface area contributed by atoms with E-state index in [1.807, 2.05) is 6.07 Å². The van der Waals surface area contributed by atoms with Crippen molar-refractivity contribution < 1.29 is 24.2 Å². The molecule has 1 fully saturated rings. The Bertz CT molecular complexity index is 577. The Morgan fingerprint density at radius 2 is 1.91 bits per heavy atom. The van der Waals surface area contributed by atoms with Crippen molar-refractivity contribution >= 4 is 29.4 Å². The van der Waals surface area contributed by atoms with Crippen LogP contribution in [-0.2, 0) is 14.3 Å². The van der Waals surface area contributed by atoms with E-state index in [0.717, 1.165) is 0 Å². The number of aliphatic carboxylic acids is 1. The number of carbonyl (C=O) groups is 3. The first-order valence-corrected chi connectivity index (χ1v) is 8.45. The number of Topliss-reactive ketones (excluding diaryl/α,β-unsaturated/α-hetero) is 1. The minimum absolute atomic E-state index is 0.0258. The number of carbonyl (C=O) groups excluding carboxylic acids is 2. The van der Waals surface area contributed by atoms with Crippen molar-refractivity contribution in [2.75, 3.05) is 24.6 Å². The van der Waals surface area contributed by atoms with E-state index in [-0.39, 0.29) is 35.8 Å². The molecule has 1 aromatic rings. The molecule has 1 aromatic carbocycles. The van der Waals surface area contributed by atoms with Crippen molar-refractivity contribution in [3.05, 3.63) is 35.9 Å². The predicted octanol–water partition coefficient (Wildman–Crippen LogP) is 1.30. The van der Waals surface area contributed by atoms with Gasteiger partial charge in [0.15, 0.2) is 11.9 Å². The van der Waals surface area contributed by atoms with Crippen LogP contribution < -0.4 is 0 Å². The molecule has 0 bridgehead atoms. The van der Waals surface area contributed by atoms with Crippen LogP contribution in [-0.4, -0.2) is 64.5 Å². The monoisotopic (exact) mass is 337 g/mol. The molecule has 23 heavy (non-hydrogen) atoms. The molecule has 1 N–H and O–H groups in total. The summed E-state index contributed by atoms with van der Waals surface area (Å²) in [6, 6.07) is 8.91. The fourth-order valence-corrected chi connectivity index (χ4v) is 3.13. The Morgan fingerprint density at radius 1 is 1.22 bits per heavy atom. The highest BCUT2D eigenvalue weighted by Gasteiger charge is 2.32. The number of ketones is 1. The zero-order valence-electron chi connectivity index (χ0n) is 12.8. The lowest BCUT2D eigenvalue weighted by Gasteiger charge is -2.34. The Labute approximate surface area is 138 Å². The molecule has 0 spiro atoms. The molecule has 2 rings (SSSR count). The quantitative estimate of drug-likeness (QED) is 0.788. The van der Waals surface area contributed by atoms with Gasteiger partial charge in [0.25, 0.3) is 0 Å². The third-order valence-electron chi connectivity index (χ3n) is 3.44. The van der Waals surface area contributed by atoms with Gasteiger partial charge in [-0.3, -0.25) is 9.59 Å². The van der Waals surface area contributed by atoms with Gasteiger partial charge < -0.3 is 14.7 Å². The number of morpholine rings is 1. The third kappa shape index (κ3) is 5.07. The van der Waals surface area contributed by atoms with Crippen LogP contribution >= 0.6 is 11.8 Å². The topological polar surface area (TPSA) is 83.9 Å². The number of carboxylic acids is 1. The zero-order valence-corrected chi connectivity index (χ0v) is 13.6. The highest BCUT2D eigenvalue weighted by Crippen LogP contribution is 2.14. The van der Waals surface area contributed by atoms with E-state index in [1.54, 1.807) is 31.2 Å². The van der Waals surface area contributed by atoms with Crippen LogP contribution in [0.4, 0.5) is 0 Å². The summed E-state index contributed by atoms with van der Waals surface area (Å²) in [5, 5.41) is 9.02. The molecular formula is C16H19NO5S. The summed E-state index contributed by atoms with van der Waals surface area (Å²) in [5.74, 6) is -0.893. The van der Waals surface area contributed by atoms with E-state index < -0.39 is 12.1 Å². The summed E-state index contributed by atoms with van der Waals surface area (Å²) in [4.78, 5) is 36.6. The summed E-state index contributed by atoms with van der Waals surface area (Å²) < 4.78 is 5.27. The van der Waals surface area contributed by atoms with Crippen LogP contribution in [0.15, 0.2) is 30.3 Å². The Balaban J connectivity index is 1.80. The third-order valence-corrected chi connectivity index (χ3v) is 4.36. The molecule has 7 heteroatoms. The lowest BCUT2D eigenvalue weighted by molar-refractivity contribution is -0.165. The van der Waals surface area contributed by atoms with Crippen LogP contribution in [0.2, 0.25) is 0 Å². The van der Waals surface area contributed by atoms with E-state index in [2.05, 4.69) is 0 Å². The molecular weight excluding hydrogens is 318 g/mol. The van der Waals surface area contributed by atoms with Crippen LogP contribution in [0.5, 0.6) is 0 Å². The first-order valence-electron chi connectivity index (χ1n) is 7.29. The Morgan fingerprint density at radius 3 is 2.57 bits per heavy atom. The second-order valence-electron chi connectivity index (χ2n) is 5.35. The van der Waals surface area contributed by atoms with E-state index in [4.69, 9.17) is 9.84 Å². The van der Waals surface area contributed by atoms with E-state index in [0.29, 0.717) is 12.1 Å². The lowest BCUT2D eigenvalue weighted by Crippen LogP contribution is -2.52. The summed E-state index contributed by atoms with van der Waals surface area (Å²) in [7, 11) is 0. The second kappa shape index (κ2) is 8.12. The van der Waals surface area contributed by atoms with Crippen molar-refractivity contribution in [2.45, 2.75) is 19.1 Å². The van der Waals surface area contributed by atoms with Crippen LogP contribution in [0.3, 0.4) is 0 Å². The number of hydrogen-bond donors (Lipinski definition) is 1. The fourth-order valence-electron chi connectivity index (χ4n) is 2.32. The van der Waals surface area contributed by atoms with Crippen molar-refractivity contribution in [1.29, 1.82) is 0 Å². The molecule has 1 aliphatic rings. The highest BCUT2D eigenvalue weighted by molar-refractivity contribution is 8.00. The molecule has 1 saturated heterocycles. The SMILES string of the molecule is C[C@@H]1CN(C(=O)CSCC(=O)c2ccccc2)CC(C(=O)O)O1. The average Bonchev–Trinajstić information content (AvgIpc) is 2.54. The first kappa shape index (κ1) is 17.5. The number of amides is 1. The van der Waals surface area contributed by atoms with E-state index in [1.165, 1.54) is 16.7 Å². The number of ether oxygens (including phenoxy) is 1. The first-order chi connectivity index (χ1) is 11.0. The Kier molecular flexibility index (Phi) is 6.18. The maximum Gasteiger partial charge on any atom is 0.334 e. The summed E-state index contributed by atoms with van der Waals surface area (Å²) in [6.45, 7) is 2.16. The minimum atomic E-state index is -1.07. The van der Waals surface area contributed by atoms with Gasteiger partial charge in [0.2, 0.25) is 5.91 Å². The van der Waals surface area contributed by atoms with Gasteiger partial charge >= 0.3 is 5.97 Å². The summed E-state index contributed by atoms with van der Waals surface area (Å²) in [6.07, 6.45) is -1.30. The van der Waals surface area contributed by atoms with Gasteiger partial charge in [-0.15, -0.1) is 11.8 Å². The molecule has 0 radical (unpaired) electrons. The lowest BCUT2D eigenvalue weighted by atomic mass is 10.2. The molecule has 2 atom stereocenters. The van der Waals surface area contributed by atoms with Crippen LogP contribution in [0.25, 0.3) is 0 Å². The van der Waals surface area contributed by atoms with Gasteiger partial charge in [0, 0.05) is 12.1 Å². The van der Waals surface area contributed by atoms with Crippen molar-refractivity contribution in [3.63, 3.8) is 0 Å². The predicted molar refractivity (Wildman–Crippen MR) is 86.6 cm³/mol. The van der Waals surface area contributed by atoms with E-state index in [9.17, 15) is 14.4 Å². The molecule has 0 saturated carbocycles. The van der Waals surface area contributed by atoms with E-state index >= 15 is 0 Å². The number of benzene rings is 1. The number of thioether (sulfide) groups is 1. The van der Waals surface area contributed by atoms with Gasteiger partial charge in [0.1, 0.15) is 0 Å². The van der Waals surface area contributed by atoms with Crippen molar-refractivity contribution in [3.8, 4) is 0 Å². The zero-order chi connectivity index (χ0) is 16.8. The number of rotatable bonds is 6. The van der Waals surface area contributed by atoms with Crippen molar-refractivity contribution in [2.24, 2.45) is 0 Å². The standard InChI is InChI=1S/C16H19NO5S/c1-11-7-17(8-14(22-11)16(20)21)15(19)10-23-9-13(18)12-5-3-2-4-6-12/h2-6,11,14H,7-10H2,1H3,(H,20,21)/t11-,14?/m1/s1. The smallest absolute Gasteiger partial charge is 0.334 e. The largest absolute Gasteiger partial charge is 0.479 e. The number of hydrogen-bond acceptors (Lipinski definition) is 5. The van der Waals surface area contributed by atoms with Gasteiger partial charge in [-0.2, -0.15) is 0 Å². The number of nitrogens with zero attached hydrogens (tertiary/aromatic N) is 1. The van der Waals surface area contributed by atoms with Crippen molar-refractivity contribution in [1.82, 2.24) is 4.90 Å². The molecule has 0 aromatic heterocycles. The molecule has 124 valence electrons. The summed E-state index contributed by atoms with van der Waals surface area (Å²) in [5.41, 5.74) is 0.624. The Hall–Kier alpha value is -1.86. The summed E-state index contributed by atoms with van der Waals surface area (Å²) >= 11 is 1.24. The second-order valence-corrected chi connectivity index (χ2v) is 6.34. The molecule has 1 unspecified atom stereocenters. The maximum absolute atomic E-state index is 12.2. The minimum Gasteiger partial charge on any atom is -0.479 e. The van der Waals surface area contributed by atoms with Crippen LogP contribution in [0, 0.1) is 0 Å². The van der Waals surface area contributed by atoms with Gasteiger partial charge in [-0.25, -0.2) is 4.79 Å². The fraction of sp³-hybridized carbons (Fsp3) is 0.438. The molecule has 6 nitrogen and oxygen atoms in total. The average molecular weight is 337 g/mol. The molecule has 1 amide bonds. The van der Waals surface area contributed by atoms with Crippen LogP contribution in [0.1, 0.15) is 17.3 Å². The normalized spacial score (nSPS) is 21.0. The maximum atomic E-state index is 12.2. The highest BCUT2D eigenvalue weighted by atomic mass is 32.2.